The number of aromatic nitrogens is 1. The molecule has 0 saturated heterocycles. The Balaban J connectivity index is 2.70. The lowest BCUT2D eigenvalue weighted by Crippen LogP contribution is -2.34. The number of aromatic hydroxyl groups is 1. The maximum absolute atomic E-state index is 12.2. The largest absolute Gasteiger partial charge is 0.506 e. The van der Waals surface area contributed by atoms with E-state index in [-0.39, 0.29) is 17.9 Å². The standard InChI is InChI=1S/C14H13BrN2O4/c1-7(18)6-16-13(20)11-12(19)10-8(15)4-3-5-9(10)17(2)14(11)21/h3-5,19H,6H2,1-2H3,(H,16,20). The van der Waals surface area contributed by atoms with E-state index in [1.54, 1.807) is 18.2 Å². The number of ketones is 1. The second kappa shape index (κ2) is 5.69. The summed E-state index contributed by atoms with van der Waals surface area (Å²) in [7, 11) is 1.51. The molecule has 1 heterocycles. The molecule has 0 bridgehead atoms. The van der Waals surface area contributed by atoms with Crippen LogP contribution < -0.4 is 10.9 Å². The minimum absolute atomic E-state index is 0.199. The number of pyridine rings is 1. The zero-order chi connectivity index (χ0) is 15.7. The number of amides is 1. The Morgan fingerprint density at radius 3 is 2.67 bits per heavy atom. The fourth-order valence-corrected chi connectivity index (χ4v) is 2.57. The van der Waals surface area contributed by atoms with E-state index < -0.39 is 17.2 Å². The molecule has 7 heteroatoms. The van der Waals surface area contributed by atoms with E-state index in [1.807, 2.05) is 0 Å². The van der Waals surface area contributed by atoms with Crippen LogP contribution in [-0.2, 0) is 11.8 Å². The van der Waals surface area contributed by atoms with Crippen molar-refractivity contribution in [3.05, 3.63) is 38.6 Å². The molecule has 0 aliphatic carbocycles. The van der Waals surface area contributed by atoms with Crippen molar-refractivity contribution in [1.82, 2.24) is 9.88 Å². The Hall–Kier alpha value is -2.15. The van der Waals surface area contributed by atoms with Crippen LogP contribution in [0, 0.1) is 0 Å². The first kappa shape index (κ1) is 15.2. The number of nitrogens with zero attached hydrogens (tertiary/aromatic N) is 1. The molecule has 6 nitrogen and oxygen atoms in total. The zero-order valence-electron chi connectivity index (χ0n) is 11.4. The number of hydrogen-bond acceptors (Lipinski definition) is 4. The van der Waals surface area contributed by atoms with Crippen LogP contribution in [0.1, 0.15) is 17.3 Å². The molecule has 0 saturated carbocycles. The molecule has 0 radical (unpaired) electrons. The van der Waals surface area contributed by atoms with Crippen molar-refractivity contribution in [2.75, 3.05) is 6.54 Å². The Kier molecular flexibility index (Phi) is 4.13. The van der Waals surface area contributed by atoms with Gasteiger partial charge in [0, 0.05) is 11.5 Å². The van der Waals surface area contributed by atoms with Gasteiger partial charge in [0.1, 0.15) is 17.1 Å². The topological polar surface area (TPSA) is 88.4 Å². The molecule has 21 heavy (non-hydrogen) atoms. The van der Waals surface area contributed by atoms with Gasteiger partial charge in [-0.2, -0.15) is 0 Å². The van der Waals surface area contributed by atoms with E-state index in [1.165, 1.54) is 18.5 Å². The molecule has 0 aliphatic heterocycles. The predicted molar refractivity (Wildman–Crippen MR) is 81.6 cm³/mol. The number of hydrogen-bond donors (Lipinski definition) is 2. The van der Waals surface area contributed by atoms with Crippen molar-refractivity contribution >= 4 is 38.5 Å². The quantitative estimate of drug-likeness (QED) is 0.871. The normalized spacial score (nSPS) is 10.6. The van der Waals surface area contributed by atoms with Gasteiger partial charge in [-0.25, -0.2) is 0 Å². The first-order chi connectivity index (χ1) is 9.84. The van der Waals surface area contributed by atoms with E-state index in [0.29, 0.717) is 15.4 Å². The number of Topliss-reactive ketones (excluding diaryl/α,β-unsaturated/α-hetero) is 1. The Morgan fingerprint density at radius 2 is 2.05 bits per heavy atom. The molecule has 0 atom stereocenters. The third kappa shape index (κ3) is 2.69. The van der Waals surface area contributed by atoms with Gasteiger partial charge in [-0.1, -0.05) is 6.07 Å². The molecule has 2 N–H and O–H groups in total. The highest BCUT2D eigenvalue weighted by Gasteiger charge is 2.22. The average Bonchev–Trinajstić information content (AvgIpc) is 2.42. The van der Waals surface area contributed by atoms with Crippen molar-refractivity contribution < 1.29 is 14.7 Å². The number of rotatable bonds is 3. The minimum atomic E-state index is -0.777. The lowest BCUT2D eigenvalue weighted by molar-refractivity contribution is -0.116. The number of fused-ring (bicyclic) bond motifs is 1. The highest BCUT2D eigenvalue weighted by Crippen LogP contribution is 2.32. The van der Waals surface area contributed by atoms with Crippen molar-refractivity contribution in [1.29, 1.82) is 0 Å². The molecule has 2 aromatic rings. The van der Waals surface area contributed by atoms with E-state index in [4.69, 9.17) is 0 Å². The number of benzene rings is 1. The number of carbonyl (C=O) groups excluding carboxylic acids is 2. The monoisotopic (exact) mass is 352 g/mol. The lowest BCUT2D eigenvalue weighted by atomic mass is 10.1. The van der Waals surface area contributed by atoms with Crippen molar-refractivity contribution in [3.63, 3.8) is 0 Å². The molecule has 1 aromatic heterocycles. The van der Waals surface area contributed by atoms with Gasteiger partial charge in [-0.15, -0.1) is 0 Å². The SMILES string of the molecule is CC(=O)CNC(=O)c1c(O)c2c(Br)cccc2n(C)c1=O. The van der Waals surface area contributed by atoms with Crippen LogP contribution in [0.3, 0.4) is 0 Å². The summed E-state index contributed by atoms with van der Waals surface area (Å²) in [4.78, 5) is 35.2. The van der Waals surface area contributed by atoms with Gasteiger partial charge in [0.05, 0.1) is 17.4 Å². The summed E-state index contributed by atoms with van der Waals surface area (Å²) in [5.41, 5.74) is -0.507. The summed E-state index contributed by atoms with van der Waals surface area (Å²) in [6.07, 6.45) is 0. The van der Waals surface area contributed by atoms with Crippen LogP contribution in [-0.4, -0.2) is 27.9 Å². The maximum Gasteiger partial charge on any atom is 0.267 e. The zero-order valence-corrected chi connectivity index (χ0v) is 13.0. The van der Waals surface area contributed by atoms with Gasteiger partial charge in [-0.05, 0) is 35.0 Å². The third-order valence-corrected chi connectivity index (χ3v) is 3.73. The van der Waals surface area contributed by atoms with Crippen LogP contribution in [0.4, 0.5) is 0 Å². The van der Waals surface area contributed by atoms with Crippen LogP contribution in [0.15, 0.2) is 27.5 Å². The Morgan fingerprint density at radius 1 is 1.38 bits per heavy atom. The van der Waals surface area contributed by atoms with Crippen LogP contribution in [0.2, 0.25) is 0 Å². The summed E-state index contributed by atoms with van der Waals surface area (Å²) >= 11 is 3.29. The van der Waals surface area contributed by atoms with Gasteiger partial charge in [0.25, 0.3) is 11.5 Å². The second-order valence-corrected chi connectivity index (χ2v) is 5.46. The van der Waals surface area contributed by atoms with E-state index >= 15 is 0 Å². The fraction of sp³-hybridized carbons (Fsp3) is 0.214. The van der Waals surface area contributed by atoms with Gasteiger partial charge in [0.2, 0.25) is 0 Å². The van der Waals surface area contributed by atoms with Gasteiger partial charge < -0.3 is 15.0 Å². The number of carbonyl (C=O) groups is 2. The molecule has 0 spiro atoms. The summed E-state index contributed by atoms with van der Waals surface area (Å²) < 4.78 is 1.84. The Bertz CT molecular complexity index is 811. The number of aryl methyl sites for hydroxylation is 1. The molecular weight excluding hydrogens is 340 g/mol. The second-order valence-electron chi connectivity index (χ2n) is 4.61. The van der Waals surface area contributed by atoms with Crippen molar-refractivity contribution in [2.24, 2.45) is 7.05 Å². The van der Waals surface area contributed by atoms with Gasteiger partial charge >= 0.3 is 0 Å². The summed E-state index contributed by atoms with van der Waals surface area (Å²) in [5, 5.41) is 13.0. The first-order valence-corrected chi connectivity index (χ1v) is 6.91. The highest BCUT2D eigenvalue weighted by molar-refractivity contribution is 9.10. The Labute approximate surface area is 128 Å². The molecule has 1 aromatic carbocycles. The summed E-state index contributed by atoms with van der Waals surface area (Å²) in [6, 6.07) is 5.09. The molecule has 0 unspecified atom stereocenters. The first-order valence-electron chi connectivity index (χ1n) is 6.12. The maximum atomic E-state index is 12.2. The molecule has 0 fully saturated rings. The van der Waals surface area contributed by atoms with Crippen LogP contribution >= 0.6 is 15.9 Å². The van der Waals surface area contributed by atoms with Crippen molar-refractivity contribution in [3.8, 4) is 5.75 Å². The van der Waals surface area contributed by atoms with E-state index in [9.17, 15) is 19.5 Å². The number of halogens is 1. The summed E-state index contributed by atoms with van der Waals surface area (Å²) in [6.45, 7) is 1.12. The van der Waals surface area contributed by atoms with Crippen LogP contribution in [0.25, 0.3) is 10.9 Å². The van der Waals surface area contributed by atoms with E-state index in [2.05, 4.69) is 21.2 Å². The van der Waals surface area contributed by atoms with Crippen molar-refractivity contribution in [2.45, 2.75) is 6.92 Å². The lowest BCUT2D eigenvalue weighted by Gasteiger charge is -2.12. The van der Waals surface area contributed by atoms with Gasteiger partial charge in [0.15, 0.2) is 0 Å². The third-order valence-electron chi connectivity index (χ3n) is 3.07. The summed E-state index contributed by atoms with van der Waals surface area (Å²) in [5.74, 6) is -1.43. The number of nitrogens with one attached hydrogen (secondary N) is 1. The highest BCUT2D eigenvalue weighted by atomic mass is 79.9. The molecular formula is C14H13BrN2O4. The molecule has 0 aliphatic rings. The smallest absolute Gasteiger partial charge is 0.267 e. The fourth-order valence-electron chi connectivity index (χ4n) is 2.03. The minimum Gasteiger partial charge on any atom is -0.506 e. The predicted octanol–water partition coefficient (Wildman–Crippen LogP) is 1.33. The molecule has 110 valence electrons. The van der Waals surface area contributed by atoms with E-state index in [0.717, 1.165) is 0 Å². The van der Waals surface area contributed by atoms with Crippen LogP contribution in [0.5, 0.6) is 5.75 Å². The molecule has 2 rings (SSSR count). The van der Waals surface area contributed by atoms with Gasteiger partial charge in [-0.3, -0.25) is 14.4 Å². The average molecular weight is 353 g/mol. The molecule has 1 amide bonds.